The number of alkyl halides is 3. The highest BCUT2D eigenvalue weighted by molar-refractivity contribution is 7.90. The van der Waals surface area contributed by atoms with Crippen LogP contribution in [0.3, 0.4) is 0 Å². The predicted octanol–water partition coefficient (Wildman–Crippen LogP) is 4.03. The third-order valence-corrected chi connectivity index (χ3v) is 6.12. The van der Waals surface area contributed by atoms with Crippen molar-refractivity contribution in [2.75, 3.05) is 6.26 Å². The maximum Gasteiger partial charge on any atom is 0.417 e. The van der Waals surface area contributed by atoms with E-state index in [1.165, 1.54) is 13.0 Å². The fraction of sp³-hybridized carbons (Fsp3) is 0.588. The Labute approximate surface area is 145 Å². The first-order valence-electron chi connectivity index (χ1n) is 8.01. The van der Waals surface area contributed by atoms with Crippen LogP contribution in [0.25, 0.3) is 0 Å². The van der Waals surface area contributed by atoms with Gasteiger partial charge in [0.1, 0.15) is 0 Å². The molecule has 1 unspecified atom stereocenters. The van der Waals surface area contributed by atoms with E-state index < -0.39 is 37.9 Å². The molecule has 1 aromatic rings. The summed E-state index contributed by atoms with van der Waals surface area (Å²) in [5, 5.41) is 9.67. The minimum Gasteiger partial charge on any atom is -0.481 e. The molecule has 0 aliphatic heterocycles. The Bertz CT molecular complexity index is 765. The molecule has 1 aromatic carbocycles. The molecule has 8 heteroatoms. The molecular weight excluding hydrogens is 357 g/mol. The Morgan fingerprint density at radius 2 is 1.80 bits per heavy atom. The number of sulfone groups is 1. The third-order valence-electron chi connectivity index (χ3n) is 4.97. The van der Waals surface area contributed by atoms with Crippen molar-refractivity contribution in [3.8, 4) is 0 Å². The van der Waals surface area contributed by atoms with Gasteiger partial charge in [-0.2, -0.15) is 13.2 Å². The van der Waals surface area contributed by atoms with E-state index in [4.69, 9.17) is 0 Å². The zero-order valence-electron chi connectivity index (χ0n) is 14.1. The minimum atomic E-state index is -4.89. The standard InChI is InChI=1S/C17H21F3O4S/c1-16(15(21)22,10-11-5-3-4-6-11)12-7-8-14(25(2,23)24)13(9-12)17(18,19)20/h7-9,11H,3-6,10H2,1-2H3,(H,21,22). The highest BCUT2D eigenvalue weighted by Gasteiger charge is 2.42. The van der Waals surface area contributed by atoms with E-state index in [-0.39, 0.29) is 17.9 Å². The molecule has 0 spiro atoms. The second-order valence-corrected chi connectivity index (χ2v) is 8.96. The van der Waals surface area contributed by atoms with E-state index in [9.17, 15) is 31.5 Å². The summed E-state index contributed by atoms with van der Waals surface area (Å²) in [6.45, 7) is 1.41. The summed E-state index contributed by atoms with van der Waals surface area (Å²) in [5.74, 6) is -1.07. The summed E-state index contributed by atoms with van der Waals surface area (Å²) in [7, 11) is -4.09. The van der Waals surface area contributed by atoms with Crippen molar-refractivity contribution in [1.82, 2.24) is 0 Å². The largest absolute Gasteiger partial charge is 0.481 e. The average Bonchev–Trinajstić information content (AvgIpc) is 2.97. The van der Waals surface area contributed by atoms with Crippen LogP contribution in [0.15, 0.2) is 23.1 Å². The van der Waals surface area contributed by atoms with Gasteiger partial charge in [0, 0.05) is 6.26 Å². The summed E-state index contributed by atoms with van der Waals surface area (Å²) in [6, 6.07) is 2.73. The number of hydrogen-bond donors (Lipinski definition) is 1. The monoisotopic (exact) mass is 378 g/mol. The molecule has 25 heavy (non-hydrogen) atoms. The van der Waals surface area contributed by atoms with Crippen LogP contribution in [0.1, 0.15) is 50.2 Å². The molecule has 1 fully saturated rings. The second-order valence-electron chi connectivity index (χ2n) is 6.97. The summed E-state index contributed by atoms with van der Waals surface area (Å²) < 4.78 is 63.3. The van der Waals surface area contributed by atoms with Crippen LogP contribution in [-0.4, -0.2) is 25.7 Å². The molecular formula is C17H21F3O4S. The Balaban J connectivity index is 2.57. The van der Waals surface area contributed by atoms with Crippen molar-refractivity contribution in [3.05, 3.63) is 29.3 Å². The fourth-order valence-corrected chi connectivity index (χ4v) is 4.43. The van der Waals surface area contributed by atoms with Crippen LogP contribution in [0.4, 0.5) is 13.2 Å². The number of benzene rings is 1. The van der Waals surface area contributed by atoms with Gasteiger partial charge in [-0.05, 0) is 37.0 Å². The summed E-state index contributed by atoms with van der Waals surface area (Å²) in [5.41, 5.74) is -2.83. The highest BCUT2D eigenvalue weighted by atomic mass is 32.2. The number of carboxylic acids is 1. The first kappa shape index (κ1) is 19.8. The van der Waals surface area contributed by atoms with E-state index in [0.717, 1.165) is 31.7 Å². The van der Waals surface area contributed by atoms with Crippen molar-refractivity contribution in [2.24, 2.45) is 5.92 Å². The van der Waals surface area contributed by atoms with Gasteiger partial charge >= 0.3 is 12.1 Å². The molecule has 1 aliphatic rings. The Morgan fingerprint density at radius 3 is 2.24 bits per heavy atom. The molecule has 4 nitrogen and oxygen atoms in total. The van der Waals surface area contributed by atoms with Crippen LogP contribution in [0.5, 0.6) is 0 Å². The SMILES string of the molecule is CC(CC1CCCC1)(C(=O)O)c1ccc(S(C)(=O)=O)c(C(F)(F)F)c1. The van der Waals surface area contributed by atoms with Crippen LogP contribution in [0.2, 0.25) is 0 Å². The quantitative estimate of drug-likeness (QED) is 0.840. The highest BCUT2D eigenvalue weighted by Crippen LogP contribution is 2.41. The number of rotatable bonds is 5. The summed E-state index contributed by atoms with van der Waals surface area (Å²) in [4.78, 5) is 11.0. The third kappa shape index (κ3) is 4.16. The van der Waals surface area contributed by atoms with Gasteiger partial charge in [-0.15, -0.1) is 0 Å². The molecule has 0 saturated heterocycles. The average molecular weight is 378 g/mol. The number of carboxylic acid groups (broad SMARTS) is 1. The van der Waals surface area contributed by atoms with Crippen molar-refractivity contribution >= 4 is 15.8 Å². The lowest BCUT2D eigenvalue weighted by Crippen LogP contribution is -2.35. The lowest BCUT2D eigenvalue weighted by Gasteiger charge is -2.29. The van der Waals surface area contributed by atoms with Gasteiger partial charge in [0.15, 0.2) is 9.84 Å². The van der Waals surface area contributed by atoms with E-state index in [2.05, 4.69) is 0 Å². The lowest BCUT2D eigenvalue weighted by molar-refractivity contribution is -0.145. The molecule has 140 valence electrons. The molecule has 1 aliphatic carbocycles. The van der Waals surface area contributed by atoms with Crippen LogP contribution < -0.4 is 0 Å². The Hall–Kier alpha value is -1.57. The normalized spacial score (nSPS) is 18.9. The van der Waals surface area contributed by atoms with Crippen LogP contribution in [-0.2, 0) is 26.2 Å². The molecule has 0 bridgehead atoms. The molecule has 2 rings (SSSR count). The van der Waals surface area contributed by atoms with E-state index in [1.54, 1.807) is 0 Å². The van der Waals surface area contributed by atoms with E-state index >= 15 is 0 Å². The van der Waals surface area contributed by atoms with Crippen LogP contribution >= 0.6 is 0 Å². The maximum atomic E-state index is 13.3. The molecule has 1 atom stereocenters. The predicted molar refractivity (Wildman–Crippen MR) is 86.1 cm³/mol. The second kappa shape index (κ2) is 6.63. The number of aliphatic carboxylic acids is 1. The van der Waals surface area contributed by atoms with Gasteiger partial charge in [-0.3, -0.25) is 4.79 Å². The number of carbonyl (C=O) groups is 1. The topological polar surface area (TPSA) is 71.4 Å². The zero-order valence-corrected chi connectivity index (χ0v) is 14.9. The molecule has 0 aromatic heterocycles. The molecule has 0 radical (unpaired) electrons. The van der Waals surface area contributed by atoms with Gasteiger partial charge in [-0.1, -0.05) is 31.7 Å². The van der Waals surface area contributed by atoms with Gasteiger partial charge in [-0.25, -0.2) is 8.42 Å². The van der Waals surface area contributed by atoms with E-state index in [0.29, 0.717) is 12.3 Å². The smallest absolute Gasteiger partial charge is 0.417 e. The lowest BCUT2D eigenvalue weighted by atomic mass is 9.74. The number of hydrogen-bond acceptors (Lipinski definition) is 3. The van der Waals surface area contributed by atoms with Crippen LogP contribution in [0, 0.1) is 5.92 Å². The molecule has 1 saturated carbocycles. The molecule has 0 amide bonds. The van der Waals surface area contributed by atoms with Gasteiger partial charge < -0.3 is 5.11 Å². The first-order chi connectivity index (χ1) is 11.4. The minimum absolute atomic E-state index is 0.0216. The summed E-state index contributed by atoms with van der Waals surface area (Å²) >= 11 is 0. The van der Waals surface area contributed by atoms with Gasteiger partial charge in [0.05, 0.1) is 15.9 Å². The first-order valence-corrected chi connectivity index (χ1v) is 9.90. The molecule has 0 heterocycles. The summed E-state index contributed by atoms with van der Waals surface area (Å²) in [6.07, 6.45) is -0.263. The van der Waals surface area contributed by atoms with Gasteiger partial charge in [0.25, 0.3) is 0 Å². The van der Waals surface area contributed by atoms with E-state index in [1.807, 2.05) is 0 Å². The zero-order chi connectivity index (χ0) is 19.0. The van der Waals surface area contributed by atoms with Gasteiger partial charge in [0.2, 0.25) is 0 Å². The van der Waals surface area contributed by atoms with Crippen molar-refractivity contribution in [1.29, 1.82) is 0 Å². The van der Waals surface area contributed by atoms with Crippen molar-refractivity contribution in [3.63, 3.8) is 0 Å². The fourth-order valence-electron chi connectivity index (χ4n) is 3.54. The Morgan fingerprint density at radius 1 is 1.24 bits per heavy atom. The van der Waals surface area contributed by atoms with Crippen molar-refractivity contribution < 1.29 is 31.5 Å². The number of halogens is 3. The Kier molecular flexibility index (Phi) is 5.23. The maximum absolute atomic E-state index is 13.3. The molecule has 1 N–H and O–H groups in total. The van der Waals surface area contributed by atoms with Crippen molar-refractivity contribution in [2.45, 2.75) is 55.5 Å².